The maximum absolute atomic E-state index is 12.3. The molecule has 0 spiro atoms. The molecule has 1 N–H and O–H groups in total. The summed E-state index contributed by atoms with van der Waals surface area (Å²) in [7, 11) is 0. The predicted octanol–water partition coefficient (Wildman–Crippen LogP) is 0.784. The van der Waals surface area contributed by atoms with Crippen LogP contribution in [0.2, 0.25) is 0 Å². The monoisotopic (exact) mass is 256 g/mol. The third-order valence-corrected chi connectivity index (χ3v) is 2.98. The van der Waals surface area contributed by atoms with Crippen molar-refractivity contribution in [3.8, 4) is 0 Å². The Hall–Kier alpha value is -1.10. The number of carbonyl (C=O) groups excluding carboxylic acids is 2. The molecule has 1 heterocycles. The Labute approximate surface area is 109 Å². The molecule has 1 rings (SSSR count). The summed E-state index contributed by atoms with van der Waals surface area (Å²) in [6.07, 6.45) is 0.532. The zero-order valence-electron chi connectivity index (χ0n) is 11.7. The van der Waals surface area contributed by atoms with Crippen LogP contribution in [0, 0.1) is 5.92 Å². The zero-order valence-corrected chi connectivity index (χ0v) is 11.7. The van der Waals surface area contributed by atoms with Gasteiger partial charge in [0, 0.05) is 19.5 Å². The Balaban J connectivity index is 2.60. The van der Waals surface area contributed by atoms with E-state index in [1.165, 1.54) is 0 Å². The van der Waals surface area contributed by atoms with Crippen LogP contribution in [0.4, 0.5) is 0 Å². The van der Waals surface area contributed by atoms with Crippen LogP contribution in [-0.4, -0.2) is 48.6 Å². The minimum Gasteiger partial charge on any atom is -0.377 e. The maximum Gasteiger partial charge on any atom is 0.245 e. The van der Waals surface area contributed by atoms with Crippen LogP contribution in [0.1, 0.15) is 34.1 Å². The summed E-state index contributed by atoms with van der Waals surface area (Å²) in [4.78, 5) is 25.5. The first kappa shape index (κ1) is 15.0. The molecule has 0 aromatic heterocycles. The number of nitrogens with zero attached hydrogens (tertiary/aromatic N) is 1. The number of nitrogens with one attached hydrogen (secondary N) is 1. The van der Waals surface area contributed by atoms with Gasteiger partial charge in [-0.25, -0.2) is 0 Å². The summed E-state index contributed by atoms with van der Waals surface area (Å²) in [6, 6.07) is -0.404. The Morgan fingerprint density at radius 1 is 1.33 bits per heavy atom. The van der Waals surface area contributed by atoms with Gasteiger partial charge in [0.1, 0.15) is 6.04 Å². The summed E-state index contributed by atoms with van der Waals surface area (Å²) in [6.45, 7) is 9.36. The van der Waals surface area contributed by atoms with Gasteiger partial charge in [0.25, 0.3) is 0 Å². The van der Waals surface area contributed by atoms with Gasteiger partial charge in [0.2, 0.25) is 11.8 Å². The van der Waals surface area contributed by atoms with Crippen molar-refractivity contribution >= 4 is 11.8 Å². The second-order valence-corrected chi connectivity index (χ2v) is 5.28. The predicted molar refractivity (Wildman–Crippen MR) is 69.1 cm³/mol. The highest BCUT2D eigenvalue weighted by atomic mass is 16.5. The molecular weight excluding hydrogens is 232 g/mol. The highest BCUT2D eigenvalue weighted by Crippen LogP contribution is 2.11. The molecule has 1 fully saturated rings. The molecule has 0 radical (unpaired) electrons. The van der Waals surface area contributed by atoms with Crippen molar-refractivity contribution in [2.75, 3.05) is 19.7 Å². The largest absolute Gasteiger partial charge is 0.377 e. The van der Waals surface area contributed by atoms with Crippen LogP contribution < -0.4 is 5.32 Å². The second kappa shape index (κ2) is 6.73. The lowest BCUT2D eigenvalue weighted by Gasteiger charge is -2.26. The van der Waals surface area contributed by atoms with Crippen molar-refractivity contribution in [2.45, 2.75) is 46.3 Å². The molecule has 1 aliphatic rings. The summed E-state index contributed by atoms with van der Waals surface area (Å²) in [5.41, 5.74) is 0. The molecule has 1 atom stereocenters. The van der Waals surface area contributed by atoms with E-state index in [2.05, 4.69) is 5.32 Å². The minimum atomic E-state index is -0.404. The fraction of sp³-hybridized carbons (Fsp3) is 0.846. The van der Waals surface area contributed by atoms with Gasteiger partial charge in [-0.3, -0.25) is 9.59 Å². The van der Waals surface area contributed by atoms with E-state index in [0.717, 1.165) is 0 Å². The van der Waals surface area contributed by atoms with E-state index in [-0.39, 0.29) is 23.8 Å². The summed E-state index contributed by atoms with van der Waals surface area (Å²) < 4.78 is 5.46. The molecule has 5 nitrogen and oxygen atoms in total. The molecule has 0 saturated carbocycles. The molecule has 0 bridgehead atoms. The molecule has 0 aromatic carbocycles. The fourth-order valence-corrected chi connectivity index (χ4v) is 1.92. The van der Waals surface area contributed by atoms with Gasteiger partial charge in [0.15, 0.2) is 0 Å². The van der Waals surface area contributed by atoms with Crippen molar-refractivity contribution < 1.29 is 14.3 Å². The lowest BCUT2D eigenvalue weighted by molar-refractivity contribution is -0.135. The fourth-order valence-electron chi connectivity index (χ4n) is 1.92. The number of rotatable bonds is 5. The standard InChI is InChI=1S/C13H24N2O3/c1-9(2)12-13(17)15(6-5-11(16)14-12)7-8-18-10(3)4/h9-10,12H,5-8H2,1-4H3,(H,14,16). The number of hydrogen-bond acceptors (Lipinski definition) is 3. The van der Waals surface area contributed by atoms with Gasteiger partial charge >= 0.3 is 0 Å². The van der Waals surface area contributed by atoms with Crippen LogP contribution in [-0.2, 0) is 14.3 Å². The summed E-state index contributed by atoms with van der Waals surface area (Å²) in [5, 5.41) is 2.79. The molecular formula is C13H24N2O3. The highest BCUT2D eigenvalue weighted by molar-refractivity contribution is 5.90. The summed E-state index contributed by atoms with van der Waals surface area (Å²) >= 11 is 0. The highest BCUT2D eigenvalue weighted by Gasteiger charge is 2.31. The van der Waals surface area contributed by atoms with Crippen LogP contribution in [0.25, 0.3) is 0 Å². The van der Waals surface area contributed by atoms with E-state index in [0.29, 0.717) is 26.1 Å². The van der Waals surface area contributed by atoms with Gasteiger partial charge < -0.3 is 15.0 Å². The SMILES string of the molecule is CC(C)OCCN1CCC(=O)NC(C(C)C)C1=O. The molecule has 1 aliphatic heterocycles. The van der Waals surface area contributed by atoms with Crippen LogP contribution >= 0.6 is 0 Å². The maximum atomic E-state index is 12.3. The molecule has 5 heteroatoms. The Bertz CT molecular complexity index is 303. The molecule has 0 aromatic rings. The Kier molecular flexibility index (Phi) is 5.59. The first-order chi connectivity index (χ1) is 8.41. The van der Waals surface area contributed by atoms with E-state index < -0.39 is 6.04 Å². The normalized spacial score (nSPS) is 21.4. The van der Waals surface area contributed by atoms with Gasteiger partial charge in [-0.05, 0) is 19.8 Å². The first-order valence-electron chi connectivity index (χ1n) is 6.61. The van der Waals surface area contributed by atoms with Crippen molar-refractivity contribution in [1.29, 1.82) is 0 Å². The molecule has 104 valence electrons. The van der Waals surface area contributed by atoms with E-state index in [1.54, 1.807) is 4.90 Å². The average molecular weight is 256 g/mol. The van der Waals surface area contributed by atoms with Gasteiger partial charge in [0.05, 0.1) is 12.7 Å². The molecule has 1 unspecified atom stereocenters. The van der Waals surface area contributed by atoms with Crippen LogP contribution in [0.5, 0.6) is 0 Å². The van der Waals surface area contributed by atoms with Crippen molar-refractivity contribution in [3.63, 3.8) is 0 Å². The average Bonchev–Trinajstić information content (AvgIpc) is 2.41. The number of ether oxygens (including phenoxy) is 1. The number of carbonyl (C=O) groups is 2. The molecule has 18 heavy (non-hydrogen) atoms. The smallest absolute Gasteiger partial charge is 0.245 e. The molecule has 1 saturated heterocycles. The number of hydrogen-bond donors (Lipinski definition) is 1. The van der Waals surface area contributed by atoms with E-state index in [4.69, 9.17) is 4.74 Å². The van der Waals surface area contributed by atoms with E-state index >= 15 is 0 Å². The van der Waals surface area contributed by atoms with Gasteiger partial charge in [-0.2, -0.15) is 0 Å². The number of amides is 2. The van der Waals surface area contributed by atoms with E-state index in [9.17, 15) is 9.59 Å². The first-order valence-corrected chi connectivity index (χ1v) is 6.61. The topological polar surface area (TPSA) is 58.6 Å². The lowest BCUT2D eigenvalue weighted by atomic mass is 10.0. The quantitative estimate of drug-likeness (QED) is 0.791. The van der Waals surface area contributed by atoms with Gasteiger partial charge in [-0.15, -0.1) is 0 Å². The third kappa shape index (κ3) is 4.29. The summed E-state index contributed by atoms with van der Waals surface area (Å²) in [5.74, 6) is 0.0607. The lowest BCUT2D eigenvalue weighted by Crippen LogP contribution is -2.48. The van der Waals surface area contributed by atoms with Gasteiger partial charge in [-0.1, -0.05) is 13.8 Å². The van der Waals surface area contributed by atoms with Crippen LogP contribution in [0.15, 0.2) is 0 Å². The van der Waals surface area contributed by atoms with Crippen molar-refractivity contribution in [3.05, 3.63) is 0 Å². The molecule has 2 amide bonds. The second-order valence-electron chi connectivity index (χ2n) is 5.28. The molecule has 0 aliphatic carbocycles. The van der Waals surface area contributed by atoms with Crippen molar-refractivity contribution in [1.82, 2.24) is 10.2 Å². The van der Waals surface area contributed by atoms with Crippen LogP contribution in [0.3, 0.4) is 0 Å². The third-order valence-electron chi connectivity index (χ3n) is 2.98. The minimum absolute atomic E-state index is 0.00297. The van der Waals surface area contributed by atoms with E-state index in [1.807, 2.05) is 27.7 Å². The van der Waals surface area contributed by atoms with Crippen molar-refractivity contribution in [2.24, 2.45) is 5.92 Å². The zero-order chi connectivity index (χ0) is 13.7. The Morgan fingerprint density at radius 2 is 2.00 bits per heavy atom. The Morgan fingerprint density at radius 3 is 2.56 bits per heavy atom.